The van der Waals surface area contributed by atoms with Crippen molar-refractivity contribution in [2.45, 2.75) is 27.2 Å². The minimum Gasteiger partial charge on any atom is -0.370 e. The number of hydrogen-bond acceptors (Lipinski definition) is 3. The van der Waals surface area contributed by atoms with Gasteiger partial charge in [0.15, 0.2) is 0 Å². The molecule has 1 aromatic rings. The van der Waals surface area contributed by atoms with E-state index in [0.717, 1.165) is 26.1 Å². The summed E-state index contributed by atoms with van der Waals surface area (Å²) in [4.78, 5) is 18.4. The average Bonchev–Trinajstić information content (AvgIpc) is 2.36. The molecule has 0 fully saturated rings. The highest BCUT2D eigenvalue weighted by Gasteiger charge is 2.17. The van der Waals surface area contributed by atoms with E-state index in [1.807, 2.05) is 24.8 Å². The lowest BCUT2D eigenvalue weighted by Crippen LogP contribution is -2.32. The SMILES string of the molecule is CCCN(CC)C(=O)c1cccnc1NCC. The molecule has 0 saturated carbocycles. The van der Waals surface area contributed by atoms with Gasteiger partial charge in [0.2, 0.25) is 0 Å². The number of hydrogen-bond donors (Lipinski definition) is 1. The Morgan fingerprint density at radius 1 is 1.41 bits per heavy atom. The van der Waals surface area contributed by atoms with Crippen LogP contribution < -0.4 is 5.32 Å². The minimum absolute atomic E-state index is 0.0541. The Kier molecular flexibility index (Phi) is 5.46. The van der Waals surface area contributed by atoms with Crippen LogP contribution in [0.15, 0.2) is 18.3 Å². The van der Waals surface area contributed by atoms with Gasteiger partial charge in [-0.3, -0.25) is 4.79 Å². The number of amides is 1. The zero-order valence-electron chi connectivity index (χ0n) is 10.9. The van der Waals surface area contributed by atoms with Crippen molar-refractivity contribution in [1.82, 2.24) is 9.88 Å². The number of carbonyl (C=O) groups excluding carboxylic acids is 1. The molecule has 0 radical (unpaired) electrons. The maximum atomic E-state index is 12.3. The van der Waals surface area contributed by atoms with E-state index < -0.39 is 0 Å². The summed E-state index contributed by atoms with van der Waals surface area (Å²) >= 11 is 0. The van der Waals surface area contributed by atoms with Crippen LogP contribution >= 0.6 is 0 Å². The van der Waals surface area contributed by atoms with Crippen molar-refractivity contribution in [2.24, 2.45) is 0 Å². The Labute approximate surface area is 103 Å². The number of aromatic nitrogens is 1. The predicted molar refractivity (Wildman–Crippen MR) is 70.3 cm³/mol. The molecule has 0 aliphatic rings. The average molecular weight is 235 g/mol. The van der Waals surface area contributed by atoms with Crippen LogP contribution in [0.5, 0.6) is 0 Å². The lowest BCUT2D eigenvalue weighted by atomic mass is 10.2. The molecule has 0 unspecified atom stereocenters. The van der Waals surface area contributed by atoms with Crippen molar-refractivity contribution in [1.29, 1.82) is 0 Å². The summed E-state index contributed by atoms with van der Waals surface area (Å²) in [5.74, 6) is 0.730. The molecule has 17 heavy (non-hydrogen) atoms. The van der Waals surface area contributed by atoms with Gasteiger partial charge in [-0.25, -0.2) is 4.98 Å². The van der Waals surface area contributed by atoms with Crippen molar-refractivity contribution >= 4 is 11.7 Å². The molecule has 1 heterocycles. The van der Waals surface area contributed by atoms with E-state index in [-0.39, 0.29) is 5.91 Å². The smallest absolute Gasteiger partial charge is 0.257 e. The molecule has 0 aliphatic heterocycles. The Balaban J connectivity index is 2.93. The van der Waals surface area contributed by atoms with Crippen molar-refractivity contribution < 1.29 is 4.79 Å². The van der Waals surface area contributed by atoms with Crippen LogP contribution in [-0.2, 0) is 0 Å². The fourth-order valence-corrected chi connectivity index (χ4v) is 1.73. The zero-order valence-corrected chi connectivity index (χ0v) is 10.9. The minimum atomic E-state index is 0.0541. The molecule has 0 aliphatic carbocycles. The van der Waals surface area contributed by atoms with Crippen LogP contribution in [-0.4, -0.2) is 35.4 Å². The summed E-state index contributed by atoms with van der Waals surface area (Å²) in [6.45, 7) is 8.34. The van der Waals surface area contributed by atoms with Gasteiger partial charge in [0.1, 0.15) is 5.82 Å². The third-order valence-electron chi connectivity index (χ3n) is 2.54. The Morgan fingerprint density at radius 3 is 2.76 bits per heavy atom. The van der Waals surface area contributed by atoms with Gasteiger partial charge in [-0.05, 0) is 32.4 Å². The van der Waals surface area contributed by atoms with E-state index in [4.69, 9.17) is 0 Å². The van der Waals surface area contributed by atoms with Crippen LogP contribution in [0.25, 0.3) is 0 Å². The third kappa shape index (κ3) is 3.44. The van der Waals surface area contributed by atoms with Gasteiger partial charge in [0.25, 0.3) is 5.91 Å². The van der Waals surface area contributed by atoms with Gasteiger partial charge in [-0.1, -0.05) is 6.92 Å². The summed E-state index contributed by atoms with van der Waals surface area (Å²) in [5.41, 5.74) is 0.657. The number of rotatable bonds is 6. The first-order chi connectivity index (χ1) is 8.24. The normalized spacial score (nSPS) is 10.1. The van der Waals surface area contributed by atoms with Crippen molar-refractivity contribution in [3.8, 4) is 0 Å². The number of carbonyl (C=O) groups is 1. The summed E-state index contributed by atoms with van der Waals surface area (Å²) in [5, 5.41) is 3.12. The Hall–Kier alpha value is -1.58. The third-order valence-corrected chi connectivity index (χ3v) is 2.54. The maximum absolute atomic E-state index is 12.3. The van der Waals surface area contributed by atoms with Gasteiger partial charge < -0.3 is 10.2 Å². The van der Waals surface area contributed by atoms with Gasteiger partial charge >= 0.3 is 0 Å². The molecule has 0 spiro atoms. The first-order valence-electron chi connectivity index (χ1n) is 6.22. The van der Waals surface area contributed by atoms with Crippen molar-refractivity contribution in [3.05, 3.63) is 23.9 Å². The number of anilines is 1. The predicted octanol–water partition coefficient (Wildman–Crippen LogP) is 2.39. The van der Waals surface area contributed by atoms with Gasteiger partial charge in [-0.15, -0.1) is 0 Å². The standard InChI is InChI=1S/C13H21N3O/c1-4-10-16(6-3)13(17)11-8-7-9-15-12(11)14-5-2/h7-9H,4-6,10H2,1-3H3,(H,14,15). The van der Waals surface area contributed by atoms with Crippen LogP contribution in [0, 0.1) is 0 Å². The van der Waals surface area contributed by atoms with E-state index in [1.165, 1.54) is 0 Å². The monoisotopic (exact) mass is 235 g/mol. The van der Waals surface area contributed by atoms with Crippen LogP contribution in [0.4, 0.5) is 5.82 Å². The summed E-state index contributed by atoms with van der Waals surface area (Å²) in [7, 11) is 0. The second-order valence-electron chi connectivity index (χ2n) is 3.81. The Bertz CT molecular complexity index is 365. The highest BCUT2D eigenvalue weighted by molar-refractivity contribution is 5.98. The van der Waals surface area contributed by atoms with Crippen LogP contribution in [0.1, 0.15) is 37.6 Å². The fourth-order valence-electron chi connectivity index (χ4n) is 1.73. The highest BCUT2D eigenvalue weighted by atomic mass is 16.2. The second kappa shape index (κ2) is 6.89. The first-order valence-corrected chi connectivity index (χ1v) is 6.22. The molecule has 1 rings (SSSR count). The molecule has 1 amide bonds. The van der Waals surface area contributed by atoms with E-state index in [0.29, 0.717) is 11.4 Å². The largest absolute Gasteiger partial charge is 0.370 e. The summed E-state index contributed by atoms with van der Waals surface area (Å²) in [6.07, 6.45) is 2.67. The molecule has 1 aromatic heterocycles. The maximum Gasteiger partial charge on any atom is 0.257 e. The number of pyridine rings is 1. The molecular weight excluding hydrogens is 214 g/mol. The molecule has 0 bridgehead atoms. The molecule has 4 heteroatoms. The lowest BCUT2D eigenvalue weighted by Gasteiger charge is -2.21. The van der Waals surface area contributed by atoms with E-state index in [1.54, 1.807) is 12.3 Å². The summed E-state index contributed by atoms with van der Waals surface area (Å²) in [6, 6.07) is 3.62. The van der Waals surface area contributed by atoms with Gasteiger partial charge in [0.05, 0.1) is 5.56 Å². The van der Waals surface area contributed by atoms with Crippen LogP contribution in [0.3, 0.4) is 0 Å². The molecule has 1 N–H and O–H groups in total. The van der Waals surface area contributed by atoms with E-state index >= 15 is 0 Å². The molecule has 94 valence electrons. The highest BCUT2D eigenvalue weighted by Crippen LogP contribution is 2.14. The quantitative estimate of drug-likeness (QED) is 0.823. The second-order valence-corrected chi connectivity index (χ2v) is 3.81. The Morgan fingerprint density at radius 2 is 2.18 bits per heavy atom. The number of nitrogens with one attached hydrogen (secondary N) is 1. The number of nitrogens with zero attached hydrogens (tertiary/aromatic N) is 2. The molecule has 4 nitrogen and oxygen atoms in total. The van der Waals surface area contributed by atoms with Crippen molar-refractivity contribution in [3.63, 3.8) is 0 Å². The topological polar surface area (TPSA) is 45.2 Å². The lowest BCUT2D eigenvalue weighted by molar-refractivity contribution is 0.0765. The summed E-state index contributed by atoms with van der Waals surface area (Å²) < 4.78 is 0. The molecule has 0 saturated heterocycles. The molecule has 0 atom stereocenters. The van der Waals surface area contributed by atoms with E-state index in [2.05, 4.69) is 17.2 Å². The van der Waals surface area contributed by atoms with E-state index in [9.17, 15) is 4.79 Å². The molecular formula is C13H21N3O. The van der Waals surface area contributed by atoms with Gasteiger partial charge in [0, 0.05) is 25.8 Å². The molecule has 0 aromatic carbocycles. The fraction of sp³-hybridized carbons (Fsp3) is 0.538. The first kappa shape index (κ1) is 13.5. The van der Waals surface area contributed by atoms with Gasteiger partial charge in [-0.2, -0.15) is 0 Å². The zero-order chi connectivity index (χ0) is 12.7. The van der Waals surface area contributed by atoms with Crippen molar-refractivity contribution in [2.75, 3.05) is 25.0 Å². The van der Waals surface area contributed by atoms with Crippen LogP contribution in [0.2, 0.25) is 0 Å².